The molecule has 0 saturated heterocycles. The standard InChI is InChI=1S/C24H35NO2/c1-5-6-7-8-16-26-22-12-10-21(11-13-22)25-15-17-27-24-18-20(4)9-14-23(24)19(2)3/h9-14,18-19,25H,5-8,15-17H2,1-4H3. The Hall–Kier alpha value is -2.16. The molecule has 3 heteroatoms. The van der Waals surface area contributed by atoms with E-state index in [0.29, 0.717) is 12.5 Å². The van der Waals surface area contributed by atoms with Gasteiger partial charge in [-0.15, -0.1) is 0 Å². The van der Waals surface area contributed by atoms with Gasteiger partial charge in [-0.3, -0.25) is 0 Å². The minimum atomic E-state index is 0.461. The Morgan fingerprint density at radius 1 is 0.889 bits per heavy atom. The molecule has 0 amide bonds. The van der Waals surface area contributed by atoms with E-state index in [2.05, 4.69) is 63.3 Å². The van der Waals surface area contributed by atoms with Crippen LogP contribution >= 0.6 is 0 Å². The number of hydrogen-bond donors (Lipinski definition) is 1. The number of nitrogens with one attached hydrogen (secondary N) is 1. The summed E-state index contributed by atoms with van der Waals surface area (Å²) in [5.74, 6) is 2.40. The van der Waals surface area contributed by atoms with Crippen LogP contribution in [0.1, 0.15) is 63.5 Å². The highest BCUT2D eigenvalue weighted by atomic mass is 16.5. The summed E-state index contributed by atoms with van der Waals surface area (Å²) in [6, 6.07) is 14.6. The van der Waals surface area contributed by atoms with Gasteiger partial charge < -0.3 is 14.8 Å². The predicted molar refractivity (Wildman–Crippen MR) is 115 cm³/mol. The average Bonchev–Trinajstić information content (AvgIpc) is 2.66. The van der Waals surface area contributed by atoms with Gasteiger partial charge in [-0.25, -0.2) is 0 Å². The van der Waals surface area contributed by atoms with E-state index in [-0.39, 0.29) is 0 Å². The fourth-order valence-corrected chi connectivity index (χ4v) is 2.99. The normalized spacial score (nSPS) is 10.9. The average molecular weight is 370 g/mol. The lowest BCUT2D eigenvalue weighted by molar-refractivity contribution is 0.305. The summed E-state index contributed by atoms with van der Waals surface area (Å²) in [7, 11) is 0. The molecular weight excluding hydrogens is 334 g/mol. The summed E-state index contributed by atoms with van der Waals surface area (Å²) >= 11 is 0. The molecule has 0 aromatic heterocycles. The smallest absolute Gasteiger partial charge is 0.123 e. The van der Waals surface area contributed by atoms with Crippen LogP contribution in [0.4, 0.5) is 5.69 Å². The molecule has 148 valence electrons. The Morgan fingerprint density at radius 2 is 1.67 bits per heavy atom. The molecule has 2 aromatic carbocycles. The van der Waals surface area contributed by atoms with E-state index in [4.69, 9.17) is 9.47 Å². The van der Waals surface area contributed by atoms with Crippen molar-refractivity contribution in [2.24, 2.45) is 0 Å². The number of unbranched alkanes of at least 4 members (excludes halogenated alkanes) is 3. The van der Waals surface area contributed by atoms with E-state index in [9.17, 15) is 0 Å². The molecule has 3 nitrogen and oxygen atoms in total. The quantitative estimate of drug-likeness (QED) is 0.429. The largest absolute Gasteiger partial charge is 0.494 e. The van der Waals surface area contributed by atoms with Crippen LogP contribution in [0.5, 0.6) is 11.5 Å². The van der Waals surface area contributed by atoms with Crippen LogP contribution in [-0.2, 0) is 0 Å². The van der Waals surface area contributed by atoms with Gasteiger partial charge in [0.2, 0.25) is 0 Å². The lowest BCUT2D eigenvalue weighted by atomic mass is 10.0. The van der Waals surface area contributed by atoms with E-state index >= 15 is 0 Å². The van der Waals surface area contributed by atoms with Crippen molar-refractivity contribution >= 4 is 5.69 Å². The molecule has 2 aromatic rings. The molecule has 1 N–H and O–H groups in total. The lowest BCUT2D eigenvalue weighted by Crippen LogP contribution is -2.12. The first kappa shape index (κ1) is 21.1. The van der Waals surface area contributed by atoms with Crippen LogP contribution in [0, 0.1) is 6.92 Å². The molecule has 0 fully saturated rings. The fourth-order valence-electron chi connectivity index (χ4n) is 2.99. The molecule has 0 bridgehead atoms. The number of benzene rings is 2. The van der Waals surface area contributed by atoms with Crippen molar-refractivity contribution in [3.05, 3.63) is 53.6 Å². The van der Waals surface area contributed by atoms with Gasteiger partial charge in [-0.2, -0.15) is 0 Å². The Bertz CT molecular complexity index is 665. The maximum atomic E-state index is 6.02. The van der Waals surface area contributed by atoms with Crippen LogP contribution < -0.4 is 14.8 Å². The van der Waals surface area contributed by atoms with Gasteiger partial charge in [0, 0.05) is 12.2 Å². The van der Waals surface area contributed by atoms with Crippen LogP contribution in [0.15, 0.2) is 42.5 Å². The summed E-state index contributed by atoms with van der Waals surface area (Å²) in [5, 5.41) is 3.41. The summed E-state index contributed by atoms with van der Waals surface area (Å²) in [4.78, 5) is 0. The van der Waals surface area contributed by atoms with Crippen LogP contribution in [0.2, 0.25) is 0 Å². The first-order valence-electron chi connectivity index (χ1n) is 10.3. The maximum absolute atomic E-state index is 6.02. The predicted octanol–water partition coefficient (Wildman–Crippen LogP) is 6.57. The van der Waals surface area contributed by atoms with Gasteiger partial charge in [-0.1, -0.05) is 52.2 Å². The van der Waals surface area contributed by atoms with Crippen molar-refractivity contribution in [1.29, 1.82) is 0 Å². The van der Waals surface area contributed by atoms with Crippen molar-refractivity contribution in [3.8, 4) is 11.5 Å². The molecule has 0 atom stereocenters. The molecule has 0 spiro atoms. The molecule has 0 radical (unpaired) electrons. The van der Waals surface area contributed by atoms with Gasteiger partial charge in [0.1, 0.15) is 18.1 Å². The second-order valence-corrected chi connectivity index (χ2v) is 7.40. The van der Waals surface area contributed by atoms with Crippen molar-refractivity contribution in [2.75, 3.05) is 25.1 Å². The maximum Gasteiger partial charge on any atom is 0.123 e. The van der Waals surface area contributed by atoms with E-state index < -0.39 is 0 Å². The van der Waals surface area contributed by atoms with E-state index in [0.717, 1.165) is 36.8 Å². The van der Waals surface area contributed by atoms with Crippen molar-refractivity contribution < 1.29 is 9.47 Å². The Labute approximate surface area is 165 Å². The SMILES string of the molecule is CCCCCCOc1ccc(NCCOc2cc(C)ccc2C(C)C)cc1. The number of rotatable bonds is 12. The molecule has 0 unspecified atom stereocenters. The topological polar surface area (TPSA) is 30.5 Å². The van der Waals surface area contributed by atoms with Crippen LogP contribution in [0.25, 0.3) is 0 Å². The molecule has 27 heavy (non-hydrogen) atoms. The van der Waals surface area contributed by atoms with Gasteiger partial charge in [-0.05, 0) is 60.7 Å². The minimum Gasteiger partial charge on any atom is -0.494 e. The van der Waals surface area contributed by atoms with Gasteiger partial charge in [0.05, 0.1) is 6.61 Å². The summed E-state index contributed by atoms with van der Waals surface area (Å²) in [5.41, 5.74) is 3.58. The zero-order valence-electron chi connectivity index (χ0n) is 17.4. The molecule has 0 aliphatic carbocycles. The van der Waals surface area contributed by atoms with Crippen molar-refractivity contribution in [2.45, 2.75) is 59.3 Å². The summed E-state index contributed by atoms with van der Waals surface area (Å²) in [6.07, 6.45) is 4.92. The lowest BCUT2D eigenvalue weighted by Gasteiger charge is -2.15. The zero-order valence-corrected chi connectivity index (χ0v) is 17.4. The third kappa shape index (κ3) is 7.54. The van der Waals surface area contributed by atoms with Gasteiger partial charge in [0.15, 0.2) is 0 Å². The third-order valence-corrected chi connectivity index (χ3v) is 4.60. The monoisotopic (exact) mass is 369 g/mol. The second-order valence-electron chi connectivity index (χ2n) is 7.40. The van der Waals surface area contributed by atoms with Gasteiger partial charge >= 0.3 is 0 Å². The third-order valence-electron chi connectivity index (χ3n) is 4.60. The Morgan fingerprint density at radius 3 is 2.37 bits per heavy atom. The van der Waals surface area contributed by atoms with Crippen LogP contribution in [0.3, 0.4) is 0 Å². The molecule has 0 aliphatic rings. The van der Waals surface area contributed by atoms with Crippen LogP contribution in [-0.4, -0.2) is 19.8 Å². The highest BCUT2D eigenvalue weighted by Gasteiger charge is 2.07. The molecular formula is C24H35NO2. The van der Waals surface area contributed by atoms with E-state index in [1.807, 2.05) is 12.1 Å². The van der Waals surface area contributed by atoms with E-state index in [1.54, 1.807) is 0 Å². The van der Waals surface area contributed by atoms with Crippen molar-refractivity contribution in [1.82, 2.24) is 0 Å². The second kappa shape index (κ2) is 11.5. The summed E-state index contributed by atoms with van der Waals surface area (Å²) in [6.45, 7) is 10.9. The van der Waals surface area contributed by atoms with Crippen molar-refractivity contribution in [3.63, 3.8) is 0 Å². The Balaban J connectivity index is 1.72. The highest BCUT2D eigenvalue weighted by molar-refractivity contribution is 5.46. The number of ether oxygens (including phenoxy) is 2. The fraction of sp³-hybridized carbons (Fsp3) is 0.500. The minimum absolute atomic E-state index is 0.461. The molecule has 2 rings (SSSR count). The Kier molecular flexibility index (Phi) is 9.03. The summed E-state index contributed by atoms with van der Waals surface area (Å²) < 4.78 is 11.8. The van der Waals surface area contributed by atoms with Gasteiger partial charge in [0.25, 0.3) is 0 Å². The molecule has 0 heterocycles. The number of hydrogen-bond acceptors (Lipinski definition) is 3. The number of anilines is 1. The highest BCUT2D eigenvalue weighted by Crippen LogP contribution is 2.27. The first-order valence-corrected chi connectivity index (χ1v) is 10.3. The molecule has 0 saturated carbocycles. The molecule has 0 aliphatic heterocycles. The zero-order chi connectivity index (χ0) is 19.5. The number of aryl methyl sites for hydroxylation is 1. The van der Waals surface area contributed by atoms with E-state index in [1.165, 1.54) is 30.4 Å². The first-order chi connectivity index (χ1) is 13.1.